The number of nitrogens with zero attached hydrogens (tertiary/aromatic N) is 1. The van der Waals surface area contributed by atoms with E-state index in [1.807, 2.05) is 6.92 Å². The molecule has 148 valence electrons. The molecule has 26 heavy (non-hydrogen) atoms. The minimum absolute atomic E-state index is 0.0604. The number of hydrogen-bond donors (Lipinski definition) is 3. The van der Waals surface area contributed by atoms with Crippen LogP contribution in [0.1, 0.15) is 30.4 Å². The second-order valence-electron chi connectivity index (χ2n) is 5.91. The molecule has 0 aromatic heterocycles. The Balaban J connectivity index is 2.43. The number of sulfonamides is 1. The lowest BCUT2D eigenvalue weighted by atomic mass is 9.96. The second-order valence-corrected chi connectivity index (χ2v) is 7.74. The summed E-state index contributed by atoms with van der Waals surface area (Å²) < 4.78 is 62.6. The van der Waals surface area contributed by atoms with E-state index in [4.69, 9.17) is 0 Å². The van der Waals surface area contributed by atoms with Crippen molar-refractivity contribution in [2.24, 2.45) is 4.99 Å². The number of benzene rings is 1. The van der Waals surface area contributed by atoms with Crippen LogP contribution in [0.5, 0.6) is 0 Å². The molecule has 0 fully saturated rings. The minimum Gasteiger partial charge on any atom is -0.356 e. The van der Waals surface area contributed by atoms with Crippen LogP contribution in [0.4, 0.5) is 13.2 Å². The quantitative estimate of drug-likeness (QED) is 0.357. The summed E-state index contributed by atoms with van der Waals surface area (Å²) in [5.74, 6) is 0.436. The summed E-state index contributed by atoms with van der Waals surface area (Å²) in [5, 5.41) is 6.00. The Morgan fingerprint density at radius 3 is 2.42 bits per heavy atom. The van der Waals surface area contributed by atoms with Gasteiger partial charge in [-0.1, -0.05) is 25.1 Å². The van der Waals surface area contributed by atoms with E-state index in [1.165, 1.54) is 12.1 Å². The predicted molar refractivity (Wildman–Crippen MR) is 96.7 cm³/mol. The Morgan fingerprint density at radius 2 is 1.85 bits per heavy atom. The van der Waals surface area contributed by atoms with Crippen molar-refractivity contribution in [1.82, 2.24) is 15.4 Å². The molecule has 1 unspecified atom stereocenters. The molecule has 1 aromatic rings. The molecule has 0 bridgehead atoms. The number of guanidine groups is 1. The fraction of sp³-hybridized carbons (Fsp3) is 0.562. The first kappa shape index (κ1) is 22.2. The van der Waals surface area contributed by atoms with E-state index in [0.717, 1.165) is 12.3 Å². The van der Waals surface area contributed by atoms with Crippen LogP contribution in [-0.2, 0) is 16.2 Å². The monoisotopic (exact) mass is 394 g/mol. The van der Waals surface area contributed by atoms with Crippen molar-refractivity contribution in [1.29, 1.82) is 0 Å². The maximum atomic E-state index is 12.8. The molecule has 0 heterocycles. The van der Waals surface area contributed by atoms with Crippen LogP contribution in [0.25, 0.3) is 0 Å². The maximum Gasteiger partial charge on any atom is 0.416 e. The Morgan fingerprint density at radius 1 is 1.19 bits per heavy atom. The number of aliphatic imine (C=N–C) groups is 1. The molecule has 0 spiro atoms. The molecule has 0 saturated carbocycles. The topological polar surface area (TPSA) is 82.6 Å². The molecule has 0 amide bonds. The minimum atomic E-state index is -4.35. The summed E-state index contributed by atoms with van der Waals surface area (Å²) in [6.07, 6.45) is -2.65. The van der Waals surface area contributed by atoms with E-state index in [1.54, 1.807) is 13.1 Å². The van der Waals surface area contributed by atoms with Crippen LogP contribution in [0, 0.1) is 0 Å². The highest BCUT2D eigenvalue weighted by molar-refractivity contribution is 7.88. The van der Waals surface area contributed by atoms with Gasteiger partial charge >= 0.3 is 6.18 Å². The zero-order valence-electron chi connectivity index (χ0n) is 15.0. The molecule has 1 rings (SSSR count). The van der Waals surface area contributed by atoms with Crippen molar-refractivity contribution < 1.29 is 21.6 Å². The van der Waals surface area contributed by atoms with Crippen LogP contribution in [0.3, 0.4) is 0 Å². The van der Waals surface area contributed by atoms with Crippen LogP contribution in [0.2, 0.25) is 0 Å². The molecule has 6 nitrogen and oxygen atoms in total. The van der Waals surface area contributed by atoms with Gasteiger partial charge in [-0.25, -0.2) is 13.1 Å². The molecule has 0 radical (unpaired) electrons. The van der Waals surface area contributed by atoms with Crippen molar-refractivity contribution in [2.45, 2.75) is 25.4 Å². The lowest BCUT2D eigenvalue weighted by molar-refractivity contribution is -0.137. The van der Waals surface area contributed by atoms with Gasteiger partial charge in [0.2, 0.25) is 10.0 Å². The number of rotatable bonds is 8. The zero-order valence-corrected chi connectivity index (χ0v) is 15.8. The standard InChI is InChI=1S/C16H25F3N4O2S/c1-12(13-5-4-6-14(11-13)16(17,18)19)7-8-21-15(20-2)22-9-10-23-26(3,24)25/h4-6,11-12,23H,7-10H2,1-3H3,(H2,20,21,22). The smallest absolute Gasteiger partial charge is 0.356 e. The molecular weight excluding hydrogens is 369 g/mol. The van der Waals surface area contributed by atoms with Crippen molar-refractivity contribution in [3.8, 4) is 0 Å². The SMILES string of the molecule is CN=C(NCCNS(C)(=O)=O)NCCC(C)c1cccc(C(F)(F)F)c1. The van der Waals surface area contributed by atoms with Gasteiger partial charge in [0.15, 0.2) is 5.96 Å². The van der Waals surface area contributed by atoms with Gasteiger partial charge in [0.05, 0.1) is 11.8 Å². The van der Waals surface area contributed by atoms with Crippen molar-refractivity contribution >= 4 is 16.0 Å². The molecular formula is C16H25F3N4O2S. The van der Waals surface area contributed by atoms with Gasteiger partial charge in [0.25, 0.3) is 0 Å². The third-order valence-corrected chi connectivity index (χ3v) is 4.39. The molecule has 3 N–H and O–H groups in total. The van der Waals surface area contributed by atoms with E-state index in [2.05, 4.69) is 20.3 Å². The molecule has 10 heteroatoms. The van der Waals surface area contributed by atoms with Crippen LogP contribution < -0.4 is 15.4 Å². The van der Waals surface area contributed by atoms with Crippen molar-refractivity contribution in [2.75, 3.05) is 32.9 Å². The van der Waals surface area contributed by atoms with E-state index in [0.29, 0.717) is 31.0 Å². The molecule has 1 aromatic carbocycles. The highest BCUT2D eigenvalue weighted by atomic mass is 32.2. The second kappa shape index (κ2) is 9.77. The van der Waals surface area contributed by atoms with Gasteiger partial charge in [0, 0.05) is 26.7 Å². The van der Waals surface area contributed by atoms with E-state index in [-0.39, 0.29) is 12.5 Å². The maximum absolute atomic E-state index is 12.8. The number of alkyl halides is 3. The Hall–Kier alpha value is -1.81. The average molecular weight is 394 g/mol. The van der Waals surface area contributed by atoms with Gasteiger partial charge in [-0.05, 0) is 24.0 Å². The molecule has 0 aliphatic rings. The van der Waals surface area contributed by atoms with E-state index >= 15 is 0 Å². The van der Waals surface area contributed by atoms with Gasteiger partial charge in [-0.15, -0.1) is 0 Å². The van der Waals surface area contributed by atoms with Gasteiger partial charge in [0.1, 0.15) is 0 Å². The Kier molecular flexibility index (Phi) is 8.35. The lowest BCUT2D eigenvalue weighted by Gasteiger charge is -2.16. The number of nitrogens with one attached hydrogen (secondary N) is 3. The molecule has 0 aliphatic heterocycles. The highest BCUT2D eigenvalue weighted by Crippen LogP contribution is 2.31. The fourth-order valence-electron chi connectivity index (χ4n) is 2.23. The summed E-state index contributed by atoms with van der Waals surface area (Å²) in [5.41, 5.74) is -0.0208. The summed E-state index contributed by atoms with van der Waals surface area (Å²) in [7, 11) is -1.65. The van der Waals surface area contributed by atoms with Gasteiger partial charge < -0.3 is 10.6 Å². The summed E-state index contributed by atoms with van der Waals surface area (Å²) >= 11 is 0. The van der Waals surface area contributed by atoms with Crippen LogP contribution in [-0.4, -0.2) is 47.3 Å². The van der Waals surface area contributed by atoms with Crippen molar-refractivity contribution in [3.63, 3.8) is 0 Å². The molecule has 1 atom stereocenters. The number of hydrogen-bond acceptors (Lipinski definition) is 3. The van der Waals surface area contributed by atoms with Crippen molar-refractivity contribution in [3.05, 3.63) is 35.4 Å². The van der Waals surface area contributed by atoms with E-state index < -0.39 is 21.8 Å². The Bertz CT molecular complexity index is 706. The van der Waals surface area contributed by atoms with E-state index in [9.17, 15) is 21.6 Å². The van der Waals surface area contributed by atoms with Crippen LogP contribution in [0.15, 0.2) is 29.3 Å². The van der Waals surface area contributed by atoms with Gasteiger partial charge in [-0.2, -0.15) is 13.2 Å². The Labute approximate surface area is 152 Å². The number of halogens is 3. The normalized spacial score (nSPS) is 14.2. The molecule has 0 aliphatic carbocycles. The summed E-state index contributed by atoms with van der Waals surface area (Å²) in [6.45, 7) is 2.95. The fourth-order valence-corrected chi connectivity index (χ4v) is 2.71. The first-order valence-electron chi connectivity index (χ1n) is 8.09. The molecule has 0 saturated heterocycles. The summed E-state index contributed by atoms with van der Waals surface area (Å²) in [4.78, 5) is 4.01. The van der Waals surface area contributed by atoms with Gasteiger partial charge in [-0.3, -0.25) is 4.99 Å². The first-order chi connectivity index (χ1) is 12.0. The largest absolute Gasteiger partial charge is 0.416 e. The average Bonchev–Trinajstić information content (AvgIpc) is 2.55. The zero-order chi connectivity index (χ0) is 19.8. The lowest BCUT2D eigenvalue weighted by Crippen LogP contribution is -2.41. The first-order valence-corrected chi connectivity index (χ1v) is 9.98. The summed E-state index contributed by atoms with van der Waals surface area (Å²) in [6, 6.07) is 5.33. The highest BCUT2D eigenvalue weighted by Gasteiger charge is 2.30. The third kappa shape index (κ3) is 8.52. The predicted octanol–water partition coefficient (Wildman–Crippen LogP) is 1.91. The third-order valence-electron chi connectivity index (χ3n) is 3.66. The van der Waals surface area contributed by atoms with Crippen LogP contribution >= 0.6 is 0 Å².